The molecular formula is C20B13Br. The molecule has 126 valence electrons. The average Bonchev–Trinajstić information content (AvgIpc) is 2.81. The predicted octanol–water partition coefficient (Wildman–Crippen LogP) is -9.26. The molecule has 0 saturated heterocycles. The highest BCUT2D eigenvalue weighted by atomic mass is 79.9. The predicted molar refractivity (Wildman–Crippen MR) is 165 cm³/mol. The fraction of sp³-hybridized carbons (Fsp3) is 0. The second-order valence-corrected chi connectivity index (χ2v) is 8.73. The molecule has 26 radical (unpaired) electrons. The first-order valence-corrected chi connectivity index (χ1v) is 10.5. The van der Waals surface area contributed by atoms with Crippen LogP contribution in [0.25, 0.3) is 32.7 Å². The highest BCUT2D eigenvalue weighted by Crippen LogP contribution is 2.36. The quantitative estimate of drug-likeness (QED) is 0.196. The van der Waals surface area contributed by atoms with E-state index in [0.29, 0.717) is 26.0 Å². The minimum atomic E-state index is 0.0100. The highest BCUT2D eigenvalue weighted by Gasteiger charge is 2.25. The molecule has 0 saturated carbocycles. The molecule has 0 nitrogen and oxygen atoms in total. The number of fused-ring (bicyclic) bond motifs is 2. The van der Waals surface area contributed by atoms with Crippen LogP contribution in [-0.2, 0) is 0 Å². The van der Waals surface area contributed by atoms with Crippen molar-refractivity contribution in [1.82, 2.24) is 0 Å². The van der Waals surface area contributed by atoms with Gasteiger partial charge in [-0.15, -0.1) is 38.2 Å². The van der Waals surface area contributed by atoms with Crippen LogP contribution in [0.4, 0.5) is 0 Å². The summed E-state index contributed by atoms with van der Waals surface area (Å²) in [7, 11) is 81.5. The smallest absolute Gasteiger partial charge is 0.112 e. The van der Waals surface area contributed by atoms with Gasteiger partial charge in [0.05, 0.1) is 0 Å². The summed E-state index contributed by atoms with van der Waals surface area (Å²) in [5.41, 5.74) is 1.22. The molecule has 0 aliphatic rings. The Morgan fingerprint density at radius 3 is 0.824 bits per heavy atom. The van der Waals surface area contributed by atoms with Crippen molar-refractivity contribution in [2.24, 2.45) is 0 Å². The van der Waals surface area contributed by atoms with Crippen LogP contribution < -0.4 is 71.0 Å². The molecule has 4 rings (SSSR count). The second-order valence-electron chi connectivity index (χ2n) is 7.94. The van der Waals surface area contributed by atoms with Crippen LogP contribution in [0, 0.1) is 0 Å². The number of hydrogen-bond donors (Lipinski definition) is 0. The SMILES string of the molecule is [B]c1c([B])c([B])c(-c2c3c([B])c([B])c([B])c([B])c3c(Br)c3c([B])c([B])c([B])c([B])c23)c([B])c1[B]. The monoisotopic (exact) mass is 462 g/mol. The molecule has 4 aromatic rings. The number of rotatable bonds is 1. The molecule has 34 heavy (non-hydrogen) atoms. The Balaban J connectivity index is 2.55. The van der Waals surface area contributed by atoms with Crippen LogP contribution in [0.2, 0.25) is 0 Å². The van der Waals surface area contributed by atoms with Crippen molar-refractivity contribution in [3.63, 3.8) is 0 Å². The largest absolute Gasteiger partial charge is 0.113 e. The van der Waals surface area contributed by atoms with Crippen LogP contribution in [0.1, 0.15) is 0 Å². The third-order valence-electron chi connectivity index (χ3n) is 6.21. The van der Waals surface area contributed by atoms with Crippen molar-refractivity contribution in [2.75, 3.05) is 0 Å². The zero-order valence-corrected chi connectivity index (χ0v) is 19.5. The van der Waals surface area contributed by atoms with Crippen molar-refractivity contribution >= 4 is 210 Å². The van der Waals surface area contributed by atoms with Gasteiger partial charge in [-0.2, -0.15) is 0 Å². The summed E-state index contributed by atoms with van der Waals surface area (Å²) in [5.74, 6) is 0. The molecule has 0 N–H and O–H groups in total. The zero-order chi connectivity index (χ0) is 25.5. The number of hydrogen-bond acceptors (Lipinski definition) is 0. The van der Waals surface area contributed by atoms with Crippen molar-refractivity contribution in [3.05, 3.63) is 4.47 Å². The molecule has 0 atom stereocenters. The molecular weight excluding hydrogens is 461 g/mol. The molecule has 4 aromatic carbocycles. The topological polar surface area (TPSA) is 0 Å². The number of benzene rings is 4. The van der Waals surface area contributed by atoms with Crippen LogP contribution in [0.5, 0.6) is 0 Å². The van der Waals surface area contributed by atoms with Gasteiger partial charge in [0.1, 0.15) is 102 Å². The van der Waals surface area contributed by atoms with E-state index < -0.39 is 0 Å². The molecule has 0 heterocycles. The summed E-state index contributed by atoms with van der Waals surface area (Å²) >= 11 is 3.56. The maximum absolute atomic E-state index is 6.47. The Bertz CT molecular complexity index is 1480. The van der Waals surface area contributed by atoms with E-state index in [2.05, 4.69) is 15.9 Å². The molecule has 0 bridgehead atoms. The lowest BCUT2D eigenvalue weighted by Gasteiger charge is -2.29. The summed E-state index contributed by atoms with van der Waals surface area (Å²) < 4.78 is 0.404. The van der Waals surface area contributed by atoms with Gasteiger partial charge in [0.2, 0.25) is 0 Å². The summed E-state index contributed by atoms with van der Waals surface area (Å²) in [6, 6.07) is 0. The lowest BCUT2D eigenvalue weighted by Crippen LogP contribution is -2.55. The second kappa shape index (κ2) is 8.68. The zero-order valence-electron chi connectivity index (χ0n) is 17.9. The Morgan fingerprint density at radius 2 is 0.500 bits per heavy atom. The standard InChI is InChI=1S/C20B13Br/c21-7-2-1(4-9(23)15(29)19(33)16(30)10(4)24)3-6(12(26)18(32)14(28)8(3)22)20(34)5(2)11(25)17(31)13(7)27. The van der Waals surface area contributed by atoms with Crippen molar-refractivity contribution in [2.45, 2.75) is 0 Å². The summed E-state index contributed by atoms with van der Waals surface area (Å²) in [5, 5.41) is 1.38. The lowest BCUT2D eigenvalue weighted by atomic mass is 9.57. The van der Waals surface area contributed by atoms with Gasteiger partial charge in [0.25, 0.3) is 0 Å². The van der Waals surface area contributed by atoms with Gasteiger partial charge in [0.15, 0.2) is 0 Å². The van der Waals surface area contributed by atoms with Crippen LogP contribution in [-0.4, -0.2) is 102 Å². The van der Waals surface area contributed by atoms with Crippen molar-refractivity contribution in [1.29, 1.82) is 0 Å². The minimum absolute atomic E-state index is 0.0100. The fourth-order valence-electron chi connectivity index (χ4n) is 4.25. The summed E-state index contributed by atoms with van der Waals surface area (Å²) in [6.45, 7) is 0. The molecule has 0 aliphatic carbocycles. The molecule has 0 aromatic heterocycles. The molecule has 14 heteroatoms. The van der Waals surface area contributed by atoms with E-state index in [0.717, 1.165) is 0 Å². The van der Waals surface area contributed by atoms with E-state index in [1.165, 1.54) is 0 Å². The highest BCUT2D eigenvalue weighted by molar-refractivity contribution is 9.10. The van der Waals surface area contributed by atoms with Gasteiger partial charge in [-0.25, -0.2) is 0 Å². The Kier molecular flexibility index (Phi) is 6.59. The lowest BCUT2D eigenvalue weighted by molar-refractivity contribution is 1.86. The van der Waals surface area contributed by atoms with E-state index in [4.69, 9.17) is 102 Å². The maximum Gasteiger partial charge on any atom is 0.113 e. The molecule has 0 aliphatic heterocycles. The molecule has 0 unspecified atom stereocenters. The Labute approximate surface area is 225 Å². The van der Waals surface area contributed by atoms with Gasteiger partial charge < -0.3 is 0 Å². The first kappa shape index (κ1) is 25.8. The molecule has 0 spiro atoms. The Hall–Kier alpha value is -1.28. The fourth-order valence-corrected chi connectivity index (χ4v) is 5.08. The molecule has 0 amide bonds. The van der Waals surface area contributed by atoms with Gasteiger partial charge >= 0.3 is 0 Å². The van der Waals surface area contributed by atoms with Gasteiger partial charge in [-0.05, 0) is 48.6 Å². The third kappa shape index (κ3) is 3.30. The van der Waals surface area contributed by atoms with Crippen LogP contribution >= 0.6 is 15.9 Å². The first-order chi connectivity index (χ1) is 15.7. The van der Waals surface area contributed by atoms with Crippen molar-refractivity contribution in [3.8, 4) is 11.1 Å². The minimum Gasteiger partial charge on any atom is -0.112 e. The first-order valence-electron chi connectivity index (χ1n) is 9.69. The summed E-state index contributed by atoms with van der Waals surface area (Å²) in [6.07, 6.45) is 0. The van der Waals surface area contributed by atoms with Gasteiger partial charge in [0, 0.05) is 4.47 Å². The van der Waals surface area contributed by atoms with E-state index in [9.17, 15) is 0 Å². The van der Waals surface area contributed by atoms with Crippen LogP contribution in [0.15, 0.2) is 4.47 Å². The number of halogens is 1. The molecule has 0 fully saturated rings. The van der Waals surface area contributed by atoms with Gasteiger partial charge in [-0.3, -0.25) is 0 Å². The normalized spacial score (nSPS) is 11.4. The Morgan fingerprint density at radius 1 is 0.265 bits per heavy atom. The van der Waals surface area contributed by atoms with E-state index >= 15 is 0 Å². The van der Waals surface area contributed by atoms with E-state index in [1.54, 1.807) is 0 Å². The van der Waals surface area contributed by atoms with E-state index in [1.807, 2.05) is 0 Å². The third-order valence-corrected chi connectivity index (χ3v) is 7.00. The maximum atomic E-state index is 6.47. The van der Waals surface area contributed by atoms with E-state index in [-0.39, 0.29) is 82.1 Å². The average molecular weight is 461 g/mol. The van der Waals surface area contributed by atoms with Crippen molar-refractivity contribution < 1.29 is 0 Å². The van der Waals surface area contributed by atoms with Crippen LogP contribution in [0.3, 0.4) is 0 Å². The van der Waals surface area contributed by atoms with Gasteiger partial charge in [-0.1, -0.05) is 32.8 Å². The summed E-state index contributed by atoms with van der Waals surface area (Å²) in [4.78, 5) is 0.